The average molecular weight is 801 g/mol. The Morgan fingerprint density at radius 2 is 1.44 bits per heavy atom. The number of pyridine rings is 2. The zero-order chi connectivity index (χ0) is 31.4. The second-order valence-electron chi connectivity index (χ2n) is 12.8. The topological polar surface area (TPSA) is 57.2 Å². The second kappa shape index (κ2) is 10.3. The molecule has 0 bridgehead atoms. The van der Waals surface area contributed by atoms with Gasteiger partial charge in [-0.25, -0.2) is 4.98 Å². The molecule has 0 saturated carbocycles. The molecule has 10 rings (SSSR count). The van der Waals surface area contributed by atoms with E-state index in [-0.39, 0.29) is 26.5 Å². The van der Waals surface area contributed by atoms with Crippen LogP contribution in [0.15, 0.2) is 109 Å². The maximum atomic E-state index is 6.54. The third-order valence-corrected chi connectivity index (χ3v) is 9.86. The summed E-state index contributed by atoms with van der Waals surface area (Å²) < 4.78 is 10.9. The molecule has 0 aliphatic carbocycles. The average Bonchev–Trinajstić information content (AvgIpc) is 3.68. The standard InChI is InChI=1S/C41H27N5O.Pt/c1-24-10-4-5-11-27(24)38-43-44-39-32-22-25(17-19-28(32)29-12-6-7-16-35(29)46(38)39)47-26-18-20-30-31-13-8-14-33-37(31)45(36(30)23-26)40-34(41(33,2)3)15-9-21-42-40;/h4-21H,1-3H3;/q-2;+2. The second-order valence-corrected chi connectivity index (χ2v) is 12.8. The van der Waals surface area contributed by atoms with Crippen LogP contribution in [0.1, 0.15) is 30.5 Å². The summed E-state index contributed by atoms with van der Waals surface area (Å²) in [5.74, 6) is 2.93. The van der Waals surface area contributed by atoms with Crippen molar-refractivity contribution in [2.75, 3.05) is 0 Å². The van der Waals surface area contributed by atoms with Crippen LogP contribution < -0.4 is 4.74 Å². The summed E-state index contributed by atoms with van der Waals surface area (Å²) in [4.78, 5) is 4.87. The number of benzene rings is 5. The van der Waals surface area contributed by atoms with Crippen molar-refractivity contribution in [1.82, 2.24) is 24.1 Å². The molecule has 1 aliphatic rings. The molecule has 9 aromatic rings. The summed E-state index contributed by atoms with van der Waals surface area (Å²) in [7, 11) is 0. The number of hydrogen-bond acceptors (Lipinski definition) is 4. The van der Waals surface area contributed by atoms with E-state index in [2.05, 4.69) is 115 Å². The Kier molecular flexibility index (Phi) is 6.22. The maximum absolute atomic E-state index is 6.54. The molecule has 0 spiro atoms. The molecular formula is C41H27N5OPt. The molecule has 7 heteroatoms. The van der Waals surface area contributed by atoms with Crippen molar-refractivity contribution in [3.63, 3.8) is 0 Å². The number of aromatic nitrogens is 5. The Balaban J connectivity index is 0.00000314. The van der Waals surface area contributed by atoms with Crippen molar-refractivity contribution in [3.05, 3.63) is 138 Å². The number of fused-ring (bicyclic) bond motifs is 11. The molecule has 1 aliphatic heterocycles. The van der Waals surface area contributed by atoms with Crippen LogP contribution >= 0.6 is 0 Å². The van der Waals surface area contributed by atoms with Crippen molar-refractivity contribution in [2.24, 2.45) is 0 Å². The van der Waals surface area contributed by atoms with E-state index in [1.165, 1.54) is 22.0 Å². The SMILES string of the molecule is Cc1ccccc1-c1nnc2c3[c-]c(Oc4[c-]c5c(cc4)c4cccc6c4n5-c4ncccc4C6(C)C)ccc3c3ccccc3n12.[Pt+2]. The molecule has 232 valence electrons. The van der Waals surface area contributed by atoms with Crippen LogP contribution in [0.3, 0.4) is 0 Å². The summed E-state index contributed by atoms with van der Waals surface area (Å²) in [5.41, 5.74) is 8.38. The van der Waals surface area contributed by atoms with Gasteiger partial charge in [0.25, 0.3) is 0 Å². The van der Waals surface area contributed by atoms with Gasteiger partial charge in [0.05, 0.1) is 5.65 Å². The zero-order valence-corrected chi connectivity index (χ0v) is 28.6. The van der Waals surface area contributed by atoms with E-state index in [0.29, 0.717) is 11.5 Å². The van der Waals surface area contributed by atoms with Crippen LogP contribution in [-0.2, 0) is 26.5 Å². The van der Waals surface area contributed by atoms with Crippen LogP contribution in [0.2, 0.25) is 0 Å². The minimum atomic E-state index is -0.177. The van der Waals surface area contributed by atoms with Crippen LogP contribution in [0, 0.1) is 19.1 Å². The fraction of sp³-hybridized carbons (Fsp3) is 0.0976. The fourth-order valence-corrected chi connectivity index (χ4v) is 7.58. The van der Waals surface area contributed by atoms with E-state index < -0.39 is 0 Å². The summed E-state index contributed by atoms with van der Waals surface area (Å²) >= 11 is 0. The van der Waals surface area contributed by atoms with E-state index >= 15 is 0 Å². The van der Waals surface area contributed by atoms with E-state index in [4.69, 9.17) is 19.9 Å². The quantitative estimate of drug-likeness (QED) is 0.132. The molecule has 0 fully saturated rings. The minimum Gasteiger partial charge on any atom is -0.503 e. The third kappa shape index (κ3) is 3.87. The van der Waals surface area contributed by atoms with Crippen molar-refractivity contribution in [2.45, 2.75) is 26.2 Å². The van der Waals surface area contributed by atoms with E-state index in [1.54, 1.807) is 0 Å². The molecule has 0 amide bonds. The predicted octanol–water partition coefficient (Wildman–Crippen LogP) is 9.53. The molecular weight excluding hydrogens is 774 g/mol. The van der Waals surface area contributed by atoms with E-state index in [1.807, 2.05) is 36.5 Å². The van der Waals surface area contributed by atoms with Gasteiger partial charge in [-0.15, -0.1) is 34.8 Å². The number of ether oxygens (including phenoxy) is 1. The Morgan fingerprint density at radius 1 is 0.688 bits per heavy atom. The van der Waals surface area contributed by atoms with Gasteiger partial charge in [-0.1, -0.05) is 103 Å². The number of aryl methyl sites for hydroxylation is 1. The van der Waals surface area contributed by atoms with Gasteiger partial charge in [0, 0.05) is 45.3 Å². The maximum Gasteiger partial charge on any atom is 2.00 e. The van der Waals surface area contributed by atoms with Crippen LogP contribution in [0.4, 0.5) is 0 Å². The largest absolute Gasteiger partial charge is 2.00 e. The number of rotatable bonds is 3. The van der Waals surface area contributed by atoms with Crippen molar-refractivity contribution >= 4 is 49.1 Å². The first-order valence-corrected chi connectivity index (χ1v) is 15.8. The zero-order valence-electron chi connectivity index (χ0n) is 26.4. The van der Waals surface area contributed by atoms with Gasteiger partial charge in [-0.2, -0.15) is 11.2 Å². The van der Waals surface area contributed by atoms with E-state index in [0.717, 1.165) is 61.0 Å². The van der Waals surface area contributed by atoms with Crippen molar-refractivity contribution in [1.29, 1.82) is 0 Å². The first-order chi connectivity index (χ1) is 23.0. The Morgan fingerprint density at radius 3 is 2.31 bits per heavy atom. The molecule has 0 radical (unpaired) electrons. The van der Waals surface area contributed by atoms with Crippen LogP contribution in [0.5, 0.6) is 11.5 Å². The first-order valence-electron chi connectivity index (χ1n) is 15.8. The fourth-order valence-electron chi connectivity index (χ4n) is 7.58. The summed E-state index contributed by atoms with van der Waals surface area (Å²) in [6.07, 6.45) is 1.87. The third-order valence-electron chi connectivity index (χ3n) is 9.86. The van der Waals surface area contributed by atoms with Gasteiger partial charge in [-0.05, 0) is 41.0 Å². The number of nitrogens with zero attached hydrogens (tertiary/aromatic N) is 5. The molecule has 5 aromatic carbocycles. The molecule has 0 saturated heterocycles. The summed E-state index contributed by atoms with van der Waals surface area (Å²) in [6, 6.07) is 42.8. The van der Waals surface area contributed by atoms with Gasteiger partial charge in [0.15, 0.2) is 5.82 Å². The van der Waals surface area contributed by atoms with Crippen molar-refractivity contribution < 1.29 is 25.8 Å². The Labute approximate surface area is 290 Å². The Bertz CT molecular complexity index is 2780. The van der Waals surface area contributed by atoms with Gasteiger partial charge in [0.2, 0.25) is 0 Å². The van der Waals surface area contributed by atoms with Crippen LogP contribution in [0.25, 0.3) is 66.3 Å². The smallest absolute Gasteiger partial charge is 0.503 e. The number of para-hydroxylation sites is 2. The molecule has 4 aromatic heterocycles. The summed E-state index contributed by atoms with van der Waals surface area (Å²) in [5, 5.41) is 14.7. The van der Waals surface area contributed by atoms with Crippen LogP contribution in [-0.4, -0.2) is 24.1 Å². The predicted molar refractivity (Wildman–Crippen MR) is 187 cm³/mol. The van der Waals surface area contributed by atoms with Gasteiger partial charge < -0.3 is 13.7 Å². The molecule has 0 unspecified atom stereocenters. The molecule has 0 atom stereocenters. The van der Waals surface area contributed by atoms with Crippen molar-refractivity contribution in [3.8, 4) is 28.7 Å². The van der Waals surface area contributed by atoms with Gasteiger partial charge in [0.1, 0.15) is 5.82 Å². The summed E-state index contributed by atoms with van der Waals surface area (Å²) in [6.45, 7) is 6.65. The Hall–Kier alpha value is -5.32. The first kappa shape index (κ1) is 28.9. The molecule has 6 nitrogen and oxygen atoms in total. The normalized spacial score (nSPS) is 13.3. The number of hydrogen-bond donors (Lipinski definition) is 0. The molecule has 5 heterocycles. The van der Waals surface area contributed by atoms with Gasteiger partial charge in [-0.3, -0.25) is 0 Å². The molecule has 48 heavy (non-hydrogen) atoms. The molecule has 0 N–H and O–H groups in total. The minimum absolute atomic E-state index is 0. The van der Waals surface area contributed by atoms with E-state index in [9.17, 15) is 0 Å². The van der Waals surface area contributed by atoms with Gasteiger partial charge >= 0.3 is 21.1 Å². The monoisotopic (exact) mass is 800 g/mol.